The fraction of sp³-hybridized carbons (Fsp3) is 0.545. The first-order valence-corrected chi connectivity index (χ1v) is 6.87. The highest BCUT2D eigenvalue weighted by molar-refractivity contribution is 9.10. The molecular weight excluding hydrogens is 274 g/mol. The summed E-state index contributed by atoms with van der Waals surface area (Å²) in [5, 5.41) is 5.22. The van der Waals surface area contributed by atoms with Gasteiger partial charge >= 0.3 is 0 Å². The number of carbonyl (C=O) groups excluding carboxylic acids is 1. The first-order chi connectivity index (χ1) is 7.25. The first-order valence-electron chi connectivity index (χ1n) is 5.20. The maximum absolute atomic E-state index is 11.6. The molecule has 4 heteroatoms. The number of halogens is 1. The van der Waals surface area contributed by atoms with Crippen LogP contribution in [0.3, 0.4) is 0 Å². The van der Waals surface area contributed by atoms with Crippen molar-refractivity contribution in [1.29, 1.82) is 0 Å². The minimum atomic E-state index is 0.277. The van der Waals surface area contributed by atoms with Gasteiger partial charge < -0.3 is 5.32 Å². The second-order valence-electron chi connectivity index (χ2n) is 3.98. The van der Waals surface area contributed by atoms with Crippen molar-refractivity contribution in [1.82, 2.24) is 5.32 Å². The fourth-order valence-electron chi connectivity index (χ4n) is 1.43. The third kappa shape index (κ3) is 3.70. The topological polar surface area (TPSA) is 29.1 Å². The normalized spacial score (nSPS) is 15.5. The van der Waals surface area contributed by atoms with E-state index in [1.165, 1.54) is 12.8 Å². The van der Waals surface area contributed by atoms with Crippen LogP contribution in [-0.4, -0.2) is 18.9 Å². The standard InChI is InChI=1S/C11H14BrNOS/c12-10-3-4-15-11(10)5-9(14)7-13-6-8-1-2-8/h3-4,8,13H,1-2,5-7H2. The third-order valence-electron chi connectivity index (χ3n) is 2.50. The predicted molar refractivity (Wildman–Crippen MR) is 66.3 cm³/mol. The van der Waals surface area contributed by atoms with Gasteiger partial charge in [-0.25, -0.2) is 0 Å². The van der Waals surface area contributed by atoms with Gasteiger partial charge in [0, 0.05) is 15.8 Å². The van der Waals surface area contributed by atoms with E-state index in [0.29, 0.717) is 13.0 Å². The Morgan fingerprint density at radius 2 is 2.40 bits per heavy atom. The number of nitrogens with one attached hydrogen (secondary N) is 1. The zero-order chi connectivity index (χ0) is 10.7. The summed E-state index contributed by atoms with van der Waals surface area (Å²) >= 11 is 5.07. The molecule has 1 aliphatic carbocycles. The smallest absolute Gasteiger partial charge is 0.151 e. The van der Waals surface area contributed by atoms with Crippen LogP contribution < -0.4 is 5.32 Å². The van der Waals surface area contributed by atoms with Crippen LogP contribution in [0.25, 0.3) is 0 Å². The molecule has 0 saturated heterocycles. The van der Waals surface area contributed by atoms with Crippen molar-refractivity contribution in [2.24, 2.45) is 5.92 Å². The summed E-state index contributed by atoms with van der Waals surface area (Å²) in [5.74, 6) is 1.12. The summed E-state index contributed by atoms with van der Waals surface area (Å²) in [5.41, 5.74) is 0. The van der Waals surface area contributed by atoms with Crippen LogP contribution in [0.4, 0.5) is 0 Å². The molecule has 0 spiro atoms. The Kier molecular flexibility index (Phi) is 3.94. The van der Waals surface area contributed by atoms with Crippen LogP contribution >= 0.6 is 27.3 Å². The molecular formula is C11H14BrNOS. The molecule has 1 saturated carbocycles. The predicted octanol–water partition coefficient (Wildman–Crippen LogP) is 2.62. The lowest BCUT2D eigenvalue weighted by atomic mass is 10.2. The van der Waals surface area contributed by atoms with E-state index in [0.717, 1.165) is 21.8 Å². The maximum atomic E-state index is 11.6. The maximum Gasteiger partial charge on any atom is 0.151 e. The van der Waals surface area contributed by atoms with Crippen molar-refractivity contribution < 1.29 is 4.79 Å². The van der Waals surface area contributed by atoms with Gasteiger partial charge in [0.25, 0.3) is 0 Å². The molecule has 1 fully saturated rings. The second-order valence-corrected chi connectivity index (χ2v) is 5.84. The Bertz CT molecular complexity index is 346. The van der Waals surface area contributed by atoms with Gasteiger partial charge in [-0.2, -0.15) is 0 Å². The van der Waals surface area contributed by atoms with E-state index < -0.39 is 0 Å². The zero-order valence-corrected chi connectivity index (χ0v) is 10.9. The number of thiophene rings is 1. The van der Waals surface area contributed by atoms with Crippen LogP contribution in [0.1, 0.15) is 17.7 Å². The van der Waals surface area contributed by atoms with Crippen LogP contribution in [-0.2, 0) is 11.2 Å². The van der Waals surface area contributed by atoms with Crippen LogP contribution in [0.2, 0.25) is 0 Å². The summed E-state index contributed by atoms with van der Waals surface area (Å²) < 4.78 is 1.06. The molecule has 0 radical (unpaired) electrons. The molecule has 2 nitrogen and oxygen atoms in total. The average Bonchev–Trinajstić information content (AvgIpc) is 2.93. The summed E-state index contributed by atoms with van der Waals surface area (Å²) in [6.45, 7) is 1.53. The molecule has 1 N–H and O–H groups in total. The Labute approximate surface area is 102 Å². The molecule has 0 atom stereocenters. The Hall–Kier alpha value is -0.190. The Balaban J connectivity index is 1.69. The summed E-state index contributed by atoms with van der Waals surface area (Å²) in [4.78, 5) is 12.7. The van der Waals surface area contributed by atoms with Gasteiger partial charge in [-0.3, -0.25) is 4.79 Å². The highest BCUT2D eigenvalue weighted by Crippen LogP contribution is 2.27. The van der Waals surface area contributed by atoms with E-state index in [2.05, 4.69) is 21.2 Å². The Morgan fingerprint density at radius 3 is 3.00 bits per heavy atom. The lowest BCUT2D eigenvalue weighted by Crippen LogP contribution is -2.25. The van der Waals surface area contributed by atoms with Crippen molar-refractivity contribution in [3.05, 3.63) is 20.8 Å². The third-order valence-corrected chi connectivity index (χ3v) is 4.43. The van der Waals surface area contributed by atoms with Gasteiger partial charge in [0.05, 0.1) is 6.54 Å². The molecule has 0 aliphatic heterocycles. The molecule has 1 aromatic rings. The zero-order valence-electron chi connectivity index (χ0n) is 8.46. The van der Waals surface area contributed by atoms with Crippen molar-refractivity contribution in [2.75, 3.05) is 13.1 Å². The molecule has 82 valence electrons. The number of Topliss-reactive ketones (excluding diaryl/α,β-unsaturated/α-hetero) is 1. The van der Waals surface area contributed by atoms with Crippen molar-refractivity contribution in [3.63, 3.8) is 0 Å². The number of hydrogen-bond donors (Lipinski definition) is 1. The van der Waals surface area contributed by atoms with Gasteiger partial charge in [0.2, 0.25) is 0 Å². The lowest BCUT2D eigenvalue weighted by Gasteiger charge is -2.02. The quantitative estimate of drug-likeness (QED) is 0.872. The summed E-state index contributed by atoms with van der Waals surface area (Å²) in [6, 6.07) is 1.99. The van der Waals surface area contributed by atoms with Crippen LogP contribution in [0, 0.1) is 5.92 Å². The highest BCUT2D eigenvalue weighted by Gasteiger charge is 2.20. The lowest BCUT2D eigenvalue weighted by molar-refractivity contribution is -0.117. The van der Waals surface area contributed by atoms with Gasteiger partial charge in [-0.05, 0) is 52.7 Å². The average molecular weight is 288 g/mol. The van der Waals surface area contributed by atoms with Crippen molar-refractivity contribution >= 4 is 33.0 Å². The van der Waals surface area contributed by atoms with E-state index in [1.807, 2.05) is 11.4 Å². The van der Waals surface area contributed by atoms with E-state index in [4.69, 9.17) is 0 Å². The van der Waals surface area contributed by atoms with Gasteiger partial charge in [-0.15, -0.1) is 11.3 Å². The number of hydrogen-bond acceptors (Lipinski definition) is 3. The fourth-order valence-corrected chi connectivity index (χ4v) is 2.95. The molecule has 15 heavy (non-hydrogen) atoms. The van der Waals surface area contributed by atoms with Crippen LogP contribution in [0.15, 0.2) is 15.9 Å². The Morgan fingerprint density at radius 1 is 1.60 bits per heavy atom. The number of rotatable bonds is 6. The van der Waals surface area contributed by atoms with E-state index >= 15 is 0 Å². The molecule has 0 unspecified atom stereocenters. The molecule has 1 aliphatic rings. The monoisotopic (exact) mass is 287 g/mol. The van der Waals surface area contributed by atoms with Crippen molar-refractivity contribution in [2.45, 2.75) is 19.3 Å². The van der Waals surface area contributed by atoms with E-state index in [1.54, 1.807) is 11.3 Å². The van der Waals surface area contributed by atoms with Gasteiger partial charge in [0.15, 0.2) is 5.78 Å². The molecule has 1 heterocycles. The van der Waals surface area contributed by atoms with Gasteiger partial charge in [-0.1, -0.05) is 0 Å². The number of ketones is 1. The molecule has 0 amide bonds. The second kappa shape index (κ2) is 5.23. The summed E-state index contributed by atoms with van der Waals surface area (Å²) in [6.07, 6.45) is 3.21. The van der Waals surface area contributed by atoms with Crippen molar-refractivity contribution in [3.8, 4) is 0 Å². The number of carbonyl (C=O) groups is 1. The molecule has 1 aromatic heterocycles. The minimum absolute atomic E-state index is 0.277. The highest BCUT2D eigenvalue weighted by atomic mass is 79.9. The summed E-state index contributed by atoms with van der Waals surface area (Å²) in [7, 11) is 0. The molecule has 0 aromatic carbocycles. The molecule has 2 rings (SSSR count). The SMILES string of the molecule is O=C(CNCC1CC1)Cc1sccc1Br. The van der Waals surface area contributed by atoms with E-state index in [-0.39, 0.29) is 5.78 Å². The largest absolute Gasteiger partial charge is 0.310 e. The minimum Gasteiger partial charge on any atom is -0.310 e. The first kappa shape index (κ1) is 11.3. The van der Waals surface area contributed by atoms with E-state index in [9.17, 15) is 4.79 Å². The van der Waals surface area contributed by atoms with Gasteiger partial charge in [0.1, 0.15) is 0 Å². The van der Waals surface area contributed by atoms with Crippen LogP contribution in [0.5, 0.6) is 0 Å². The molecule has 0 bridgehead atoms.